The van der Waals surface area contributed by atoms with E-state index in [-0.39, 0.29) is 9.89 Å². The van der Waals surface area contributed by atoms with Crippen molar-refractivity contribution in [3.8, 4) is 0 Å². The van der Waals surface area contributed by atoms with Gasteiger partial charge in [0.2, 0.25) is 0 Å². The van der Waals surface area contributed by atoms with Crippen molar-refractivity contribution in [2.75, 3.05) is 33.9 Å². The van der Waals surface area contributed by atoms with E-state index in [4.69, 9.17) is 4.74 Å². The molecule has 0 amide bonds. The minimum Gasteiger partial charge on any atom is -0.468 e. The molecule has 1 atom stereocenters. The third-order valence-corrected chi connectivity index (χ3v) is 2.21. The highest BCUT2D eigenvalue weighted by Gasteiger charge is 2.13. The molecule has 0 heterocycles. The molecule has 0 saturated heterocycles. The number of hydrogen-bond donors (Lipinski definition) is 1. The van der Waals surface area contributed by atoms with Crippen molar-refractivity contribution in [2.24, 2.45) is 0 Å². The van der Waals surface area contributed by atoms with Gasteiger partial charge >= 0.3 is 5.97 Å². The van der Waals surface area contributed by atoms with Crippen LogP contribution in [0.25, 0.3) is 0 Å². The maximum Gasteiger partial charge on any atom is 0.319 e. The molecule has 0 bridgehead atoms. The summed E-state index contributed by atoms with van der Waals surface area (Å²) in [5.74, 6) is -0.194. The van der Waals surface area contributed by atoms with Crippen LogP contribution in [0.5, 0.6) is 0 Å². The first-order valence-corrected chi connectivity index (χ1v) is 4.88. The summed E-state index contributed by atoms with van der Waals surface area (Å²) in [4.78, 5) is 10.9. The Hall–Kier alpha value is 0.120. The third-order valence-electron chi connectivity index (χ3n) is 1.26. The second-order valence-corrected chi connectivity index (χ2v) is 3.69. The van der Waals surface area contributed by atoms with E-state index in [9.17, 15) is 4.79 Å². The van der Waals surface area contributed by atoms with E-state index in [1.165, 1.54) is 7.11 Å². The predicted octanol–water partition coefficient (Wildman–Crippen LogP) is 0.199. The Morgan fingerprint density at radius 1 is 1.58 bits per heavy atom. The predicted molar refractivity (Wildman–Crippen MR) is 54.6 cm³/mol. The second kappa shape index (κ2) is 7.75. The number of alkyl halides is 1. The average molecular weight is 287 g/mol. The van der Waals surface area contributed by atoms with E-state index in [2.05, 4.69) is 10.1 Å². The van der Waals surface area contributed by atoms with Gasteiger partial charge in [0.25, 0.3) is 0 Å². The first-order chi connectivity index (χ1) is 5.72. The molecule has 5 heteroatoms. The molecule has 0 aliphatic heterocycles. The largest absolute Gasteiger partial charge is 0.468 e. The van der Waals surface area contributed by atoms with Gasteiger partial charge in [0, 0.05) is 20.2 Å². The number of ether oxygens (including phenoxy) is 2. The molecule has 12 heavy (non-hydrogen) atoms. The Morgan fingerprint density at radius 2 is 2.25 bits per heavy atom. The van der Waals surface area contributed by atoms with E-state index >= 15 is 0 Å². The van der Waals surface area contributed by atoms with E-state index in [1.54, 1.807) is 7.11 Å². The van der Waals surface area contributed by atoms with E-state index in [0.717, 1.165) is 6.54 Å². The zero-order valence-electron chi connectivity index (χ0n) is 7.30. The summed E-state index contributed by atoms with van der Waals surface area (Å²) in [5.41, 5.74) is 0. The van der Waals surface area contributed by atoms with Crippen molar-refractivity contribution >= 4 is 28.6 Å². The van der Waals surface area contributed by atoms with Crippen LogP contribution in [0.4, 0.5) is 0 Å². The maximum atomic E-state index is 10.9. The molecule has 1 unspecified atom stereocenters. The van der Waals surface area contributed by atoms with Gasteiger partial charge in [-0.2, -0.15) is 0 Å². The van der Waals surface area contributed by atoms with Crippen LogP contribution in [0.1, 0.15) is 0 Å². The summed E-state index contributed by atoms with van der Waals surface area (Å²) in [7, 11) is 3.03. The van der Waals surface area contributed by atoms with Gasteiger partial charge in [-0.1, -0.05) is 22.6 Å². The SMILES string of the molecule is COCCNCC(I)C(=O)OC. The van der Waals surface area contributed by atoms with Crippen molar-refractivity contribution in [1.82, 2.24) is 5.32 Å². The van der Waals surface area contributed by atoms with E-state index < -0.39 is 0 Å². The average Bonchev–Trinajstić information content (AvgIpc) is 2.10. The molecule has 0 saturated carbocycles. The van der Waals surface area contributed by atoms with Crippen molar-refractivity contribution < 1.29 is 14.3 Å². The summed E-state index contributed by atoms with van der Waals surface area (Å²) in [5, 5.41) is 3.07. The van der Waals surface area contributed by atoms with Crippen LogP contribution >= 0.6 is 22.6 Å². The number of methoxy groups -OCH3 is 2. The van der Waals surface area contributed by atoms with Crippen LogP contribution in [-0.4, -0.2) is 43.8 Å². The molecule has 72 valence electrons. The number of rotatable bonds is 6. The van der Waals surface area contributed by atoms with Gasteiger partial charge in [0.05, 0.1) is 13.7 Å². The molecule has 0 aliphatic carbocycles. The first-order valence-electron chi connectivity index (χ1n) is 3.64. The van der Waals surface area contributed by atoms with Gasteiger partial charge < -0.3 is 14.8 Å². The Balaban J connectivity index is 3.31. The molecule has 0 rings (SSSR count). The van der Waals surface area contributed by atoms with Gasteiger partial charge in [0.15, 0.2) is 0 Å². The van der Waals surface area contributed by atoms with Crippen molar-refractivity contribution in [1.29, 1.82) is 0 Å². The normalized spacial score (nSPS) is 12.6. The van der Waals surface area contributed by atoms with E-state index in [1.807, 2.05) is 22.6 Å². The molecule has 0 aromatic heterocycles. The number of nitrogens with one attached hydrogen (secondary N) is 1. The van der Waals surface area contributed by atoms with Crippen molar-refractivity contribution in [2.45, 2.75) is 3.92 Å². The summed E-state index contributed by atoms with van der Waals surface area (Å²) >= 11 is 2.04. The summed E-state index contributed by atoms with van der Waals surface area (Å²) in [6, 6.07) is 0. The highest BCUT2D eigenvalue weighted by molar-refractivity contribution is 14.1. The number of halogens is 1. The Bertz CT molecular complexity index is 132. The number of carbonyl (C=O) groups excluding carboxylic acids is 1. The molecule has 0 aromatic carbocycles. The second-order valence-electron chi connectivity index (χ2n) is 2.19. The Labute approximate surface area is 86.1 Å². The van der Waals surface area contributed by atoms with Gasteiger partial charge in [-0.3, -0.25) is 4.79 Å². The van der Waals surface area contributed by atoms with Crippen molar-refractivity contribution in [3.05, 3.63) is 0 Å². The van der Waals surface area contributed by atoms with Gasteiger partial charge in [0.1, 0.15) is 3.92 Å². The molecule has 0 aliphatic rings. The Morgan fingerprint density at radius 3 is 2.75 bits per heavy atom. The lowest BCUT2D eigenvalue weighted by Crippen LogP contribution is -2.31. The molecule has 0 spiro atoms. The zero-order chi connectivity index (χ0) is 9.40. The lowest BCUT2D eigenvalue weighted by molar-refractivity contribution is -0.139. The van der Waals surface area contributed by atoms with Crippen molar-refractivity contribution in [3.63, 3.8) is 0 Å². The van der Waals surface area contributed by atoms with Gasteiger partial charge in [-0.05, 0) is 0 Å². The zero-order valence-corrected chi connectivity index (χ0v) is 9.46. The molecule has 0 radical (unpaired) electrons. The smallest absolute Gasteiger partial charge is 0.319 e. The van der Waals surface area contributed by atoms with Gasteiger partial charge in [-0.15, -0.1) is 0 Å². The summed E-state index contributed by atoms with van der Waals surface area (Å²) in [6.07, 6.45) is 0. The topological polar surface area (TPSA) is 47.6 Å². The molecular formula is C7H14INO3. The fraction of sp³-hybridized carbons (Fsp3) is 0.857. The number of esters is 1. The van der Waals surface area contributed by atoms with Gasteiger partial charge in [-0.25, -0.2) is 0 Å². The summed E-state index contributed by atoms with van der Waals surface area (Å²) < 4.78 is 9.26. The lowest BCUT2D eigenvalue weighted by atomic mass is 10.4. The minimum absolute atomic E-state index is 0.121. The molecule has 0 aromatic rings. The lowest BCUT2D eigenvalue weighted by Gasteiger charge is -2.08. The van der Waals surface area contributed by atoms with Crippen LogP contribution in [0.3, 0.4) is 0 Å². The highest BCUT2D eigenvalue weighted by atomic mass is 127. The maximum absolute atomic E-state index is 10.9. The number of carbonyl (C=O) groups is 1. The fourth-order valence-corrected chi connectivity index (χ4v) is 1.18. The van der Waals surface area contributed by atoms with Crippen LogP contribution in [-0.2, 0) is 14.3 Å². The molecule has 4 nitrogen and oxygen atoms in total. The standard InChI is InChI=1S/C7H14INO3/c1-11-4-3-9-5-6(8)7(10)12-2/h6,9H,3-5H2,1-2H3. The molecule has 1 N–H and O–H groups in total. The third kappa shape index (κ3) is 5.73. The van der Waals surface area contributed by atoms with Crippen LogP contribution < -0.4 is 5.32 Å². The van der Waals surface area contributed by atoms with Crippen LogP contribution in [0.2, 0.25) is 0 Å². The minimum atomic E-state index is -0.194. The number of hydrogen-bond acceptors (Lipinski definition) is 4. The van der Waals surface area contributed by atoms with E-state index in [0.29, 0.717) is 13.2 Å². The summed E-state index contributed by atoms with van der Waals surface area (Å²) in [6.45, 7) is 2.04. The quantitative estimate of drug-likeness (QED) is 0.328. The highest BCUT2D eigenvalue weighted by Crippen LogP contribution is 2.00. The monoisotopic (exact) mass is 287 g/mol. The molecule has 0 fully saturated rings. The fourth-order valence-electron chi connectivity index (χ4n) is 0.614. The Kier molecular flexibility index (Phi) is 7.83. The molecular weight excluding hydrogens is 273 g/mol. The van der Waals surface area contributed by atoms with Crippen LogP contribution in [0, 0.1) is 0 Å². The van der Waals surface area contributed by atoms with Crippen LogP contribution in [0.15, 0.2) is 0 Å². The first kappa shape index (κ1) is 12.1.